The molecule has 0 spiro atoms. The molecule has 0 aliphatic rings. The molecule has 0 fully saturated rings. The standard InChI is InChI=1S/C20H22FN5/c1-22-20(24-12-15-7-6-10-17(21)11-15)26(2)14-19-23-13-18(25-19)16-8-4-3-5-9-16/h3-11,13H,12,14H2,1-2H3,(H,22,24)(H,23,25). The number of nitrogens with zero attached hydrogens (tertiary/aromatic N) is 3. The highest BCUT2D eigenvalue weighted by Crippen LogP contribution is 2.16. The van der Waals surface area contributed by atoms with Gasteiger partial charge in [-0.25, -0.2) is 9.37 Å². The van der Waals surface area contributed by atoms with Crippen molar-refractivity contribution >= 4 is 5.96 Å². The summed E-state index contributed by atoms with van der Waals surface area (Å²) in [4.78, 5) is 14.0. The van der Waals surface area contributed by atoms with Crippen molar-refractivity contribution in [3.05, 3.63) is 78.0 Å². The summed E-state index contributed by atoms with van der Waals surface area (Å²) < 4.78 is 13.3. The first kappa shape index (κ1) is 17.7. The molecule has 0 unspecified atom stereocenters. The summed E-state index contributed by atoms with van der Waals surface area (Å²) in [6.45, 7) is 1.08. The van der Waals surface area contributed by atoms with Crippen LogP contribution in [0.3, 0.4) is 0 Å². The zero-order chi connectivity index (χ0) is 18.4. The van der Waals surface area contributed by atoms with Crippen LogP contribution in [0.4, 0.5) is 4.39 Å². The van der Waals surface area contributed by atoms with E-state index in [-0.39, 0.29) is 5.82 Å². The molecular weight excluding hydrogens is 329 g/mol. The van der Waals surface area contributed by atoms with Crippen LogP contribution in [0.15, 0.2) is 65.8 Å². The third-order valence-corrected chi connectivity index (χ3v) is 4.01. The van der Waals surface area contributed by atoms with Crippen molar-refractivity contribution in [2.45, 2.75) is 13.1 Å². The molecular formula is C20H22FN5. The number of hydrogen-bond donors (Lipinski definition) is 2. The molecule has 0 atom stereocenters. The van der Waals surface area contributed by atoms with Crippen LogP contribution in [0, 0.1) is 5.82 Å². The lowest BCUT2D eigenvalue weighted by molar-refractivity contribution is 0.463. The molecule has 3 rings (SSSR count). The van der Waals surface area contributed by atoms with Crippen molar-refractivity contribution < 1.29 is 4.39 Å². The number of benzene rings is 2. The Labute approximate surface area is 152 Å². The predicted octanol–water partition coefficient (Wildman–Crippen LogP) is 3.42. The highest BCUT2D eigenvalue weighted by molar-refractivity contribution is 5.79. The maximum Gasteiger partial charge on any atom is 0.194 e. The predicted molar refractivity (Wildman–Crippen MR) is 102 cm³/mol. The van der Waals surface area contributed by atoms with Gasteiger partial charge < -0.3 is 15.2 Å². The summed E-state index contributed by atoms with van der Waals surface area (Å²) in [5.41, 5.74) is 2.95. The summed E-state index contributed by atoms with van der Waals surface area (Å²) in [7, 11) is 3.66. The van der Waals surface area contributed by atoms with Gasteiger partial charge in [0.2, 0.25) is 0 Å². The minimum atomic E-state index is -0.239. The van der Waals surface area contributed by atoms with Gasteiger partial charge >= 0.3 is 0 Å². The molecule has 0 saturated heterocycles. The Morgan fingerprint density at radius 3 is 2.73 bits per heavy atom. The Balaban J connectivity index is 1.61. The molecule has 6 heteroatoms. The summed E-state index contributed by atoms with van der Waals surface area (Å²) >= 11 is 0. The highest BCUT2D eigenvalue weighted by atomic mass is 19.1. The third kappa shape index (κ3) is 4.47. The van der Waals surface area contributed by atoms with Crippen LogP contribution in [0.2, 0.25) is 0 Å². The first-order chi connectivity index (χ1) is 12.7. The van der Waals surface area contributed by atoms with Crippen molar-refractivity contribution in [3.8, 4) is 11.3 Å². The fourth-order valence-electron chi connectivity index (χ4n) is 2.72. The van der Waals surface area contributed by atoms with Gasteiger partial charge in [0.25, 0.3) is 0 Å². The number of halogens is 1. The van der Waals surface area contributed by atoms with Crippen molar-refractivity contribution in [1.82, 2.24) is 20.2 Å². The third-order valence-electron chi connectivity index (χ3n) is 4.01. The number of hydrogen-bond acceptors (Lipinski definition) is 2. The Bertz CT molecular complexity index is 873. The molecule has 2 aromatic carbocycles. The second kappa shape index (κ2) is 8.29. The Hall–Kier alpha value is -3.15. The first-order valence-electron chi connectivity index (χ1n) is 8.41. The number of H-pyrrole nitrogens is 1. The van der Waals surface area contributed by atoms with Crippen LogP contribution in [0.1, 0.15) is 11.4 Å². The number of imidazole rings is 1. The quantitative estimate of drug-likeness (QED) is 0.547. The van der Waals surface area contributed by atoms with E-state index in [4.69, 9.17) is 0 Å². The lowest BCUT2D eigenvalue weighted by Crippen LogP contribution is -2.38. The number of nitrogens with one attached hydrogen (secondary N) is 2. The topological polar surface area (TPSA) is 56.3 Å². The summed E-state index contributed by atoms with van der Waals surface area (Å²) in [6, 6.07) is 16.6. The molecule has 2 N–H and O–H groups in total. The van der Waals surface area contributed by atoms with E-state index in [1.54, 1.807) is 13.1 Å². The van der Waals surface area contributed by atoms with Gasteiger partial charge in [0.1, 0.15) is 11.6 Å². The van der Waals surface area contributed by atoms with E-state index in [0.717, 1.165) is 22.6 Å². The fourth-order valence-corrected chi connectivity index (χ4v) is 2.72. The lowest BCUT2D eigenvalue weighted by Gasteiger charge is -2.21. The average molecular weight is 351 g/mol. The molecule has 134 valence electrons. The number of aliphatic imine (C=N–C) groups is 1. The highest BCUT2D eigenvalue weighted by Gasteiger charge is 2.10. The van der Waals surface area contributed by atoms with E-state index >= 15 is 0 Å². The minimum Gasteiger partial charge on any atom is -0.352 e. The maximum atomic E-state index is 13.3. The van der Waals surface area contributed by atoms with Crippen molar-refractivity contribution in [2.24, 2.45) is 4.99 Å². The van der Waals surface area contributed by atoms with Crippen LogP contribution in [-0.2, 0) is 13.1 Å². The normalized spacial score (nSPS) is 11.4. The number of rotatable bonds is 5. The van der Waals surface area contributed by atoms with Crippen LogP contribution < -0.4 is 5.32 Å². The Morgan fingerprint density at radius 2 is 2.00 bits per heavy atom. The van der Waals surface area contributed by atoms with E-state index in [9.17, 15) is 4.39 Å². The van der Waals surface area contributed by atoms with Gasteiger partial charge in [0, 0.05) is 20.6 Å². The molecule has 0 saturated carbocycles. The average Bonchev–Trinajstić information content (AvgIpc) is 3.11. The van der Waals surface area contributed by atoms with Gasteiger partial charge in [-0.2, -0.15) is 0 Å². The molecule has 5 nitrogen and oxygen atoms in total. The lowest BCUT2D eigenvalue weighted by atomic mass is 10.2. The molecule has 26 heavy (non-hydrogen) atoms. The van der Waals surface area contributed by atoms with Gasteiger partial charge in [-0.15, -0.1) is 0 Å². The second-order valence-electron chi connectivity index (χ2n) is 6.00. The molecule has 1 heterocycles. The largest absolute Gasteiger partial charge is 0.352 e. The zero-order valence-corrected chi connectivity index (χ0v) is 14.9. The van der Waals surface area contributed by atoms with Crippen LogP contribution >= 0.6 is 0 Å². The van der Waals surface area contributed by atoms with Gasteiger partial charge in [-0.3, -0.25) is 4.99 Å². The molecule has 0 radical (unpaired) electrons. The smallest absolute Gasteiger partial charge is 0.194 e. The number of aromatic nitrogens is 2. The molecule has 0 bridgehead atoms. The van der Waals surface area contributed by atoms with E-state index in [1.807, 2.05) is 54.5 Å². The molecule has 3 aromatic rings. The van der Waals surface area contributed by atoms with E-state index in [1.165, 1.54) is 12.1 Å². The summed E-state index contributed by atoms with van der Waals surface area (Å²) in [5, 5.41) is 3.24. The molecule has 0 aliphatic carbocycles. The van der Waals surface area contributed by atoms with E-state index in [2.05, 4.69) is 20.3 Å². The van der Waals surface area contributed by atoms with Crippen LogP contribution in [0.25, 0.3) is 11.3 Å². The van der Waals surface area contributed by atoms with Gasteiger partial charge in [-0.1, -0.05) is 42.5 Å². The summed E-state index contributed by atoms with van der Waals surface area (Å²) in [5.74, 6) is 1.32. The van der Waals surface area contributed by atoms with Gasteiger partial charge in [0.05, 0.1) is 18.4 Å². The molecule has 0 aliphatic heterocycles. The minimum absolute atomic E-state index is 0.239. The van der Waals surface area contributed by atoms with Crippen LogP contribution in [0.5, 0.6) is 0 Å². The van der Waals surface area contributed by atoms with Gasteiger partial charge in [-0.05, 0) is 23.3 Å². The van der Waals surface area contributed by atoms with E-state index in [0.29, 0.717) is 19.0 Å². The Morgan fingerprint density at radius 1 is 1.19 bits per heavy atom. The van der Waals surface area contributed by atoms with E-state index < -0.39 is 0 Å². The molecule has 1 aromatic heterocycles. The zero-order valence-electron chi connectivity index (χ0n) is 14.9. The van der Waals surface area contributed by atoms with Gasteiger partial charge in [0.15, 0.2) is 5.96 Å². The number of guanidine groups is 1. The van der Waals surface area contributed by atoms with Crippen molar-refractivity contribution in [1.29, 1.82) is 0 Å². The molecule has 0 amide bonds. The number of aromatic amines is 1. The second-order valence-corrected chi connectivity index (χ2v) is 6.00. The van der Waals surface area contributed by atoms with Crippen molar-refractivity contribution in [3.63, 3.8) is 0 Å². The SMILES string of the molecule is CN=C(NCc1cccc(F)c1)N(C)Cc1ncc(-c2ccccc2)[nH]1. The van der Waals surface area contributed by atoms with Crippen molar-refractivity contribution in [2.75, 3.05) is 14.1 Å². The Kier molecular flexibility index (Phi) is 5.63. The summed E-state index contributed by atoms with van der Waals surface area (Å²) in [6.07, 6.45) is 1.83. The maximum absolute atomic E-state index is 13.3. The van der Waals surface area contributed by atoms with Crippen LogP contribution in [-0.4, -0.2) is 34.9 Å². The fraction of sp³-hybridized carbons (Fsp3) is 0.200. The first-order valence-corrected chi connectivity index (χ1v) is 8.41. The monoisotopic (exact) mass is 351 g/mol.